The zero-order chi connectivity index (χ0) is 80.1. The summed E-state index contributed by atoms with van der Waals surface area (Å²) in [5, 5.41) is 10.2. The Hall–Kier alpha value is -7.67. The van der Waals surface area contributed by atoms with Crippen molar-refractivity contribution < 1.29 is 85.0 Å². The highest BCUT2D eigenvalue weighted by Gasteiger charge is 2.45. The predicted molar refractivity (Wildman–Crippen MR) is 389 cm³/mol. The van der Waals surface area contributed by atoms with Crippen LogP contribution in [0.1, 0.15) is 159 Å². The standard InChI is InChI=1S/C73H119ClF3N13O15/c1-22-47(8)62-69(102)84(16)39-60(94)82(14)40-61(95)86(18)56(42-104-33-30-44(2)3)66(99)83(15)38-57(91)78-51(29-27-48-26-28-49(50(74)36-48)73(75,76)77)65(98)88(20)55(41-105-43-58(92)80-71(9,10)11)64(97)81-72(12,13)70(103)89(21)53(35-46(6)7)67(100)87(19)54(68(101)90-31-24-23-25-32-90)37-59(93)85(17)52(34-45(4)5)63(96)79-62/h26,28,36,44-47,51-56,62H,22-25,27,29-35,37-43H2,1-21H3,(H,78,91)(H,79,96)(H,80,92)(H,81,97)/t47-,51-,52-,53-,54?,55-,56-,62-/m0/s1. The van der Waals surface area contributed by atoms with Gasteiger partial charge < -0.3 is 74.8 Å². The van der Waals surface area contributed by atoms with Crippen LogP contribution < -0.4 is 21.3 Å². The smallest absolute Gasteiger partial charge is 0.379 e. The molecule has 0 aromatic heterocycles. The van der Waals surface area contributed by atoms with E-state index in [0.29, 0.717) is 38.8 Å². The van der Waals surface area contributed by atoms with Crippen LogP contribution in [0.4, 0.5) is 13.2 Å². The molecule has 1 aromatic carbocycles. The van der Waals surface area contributed by atoms with Gasteiger partial charge in [0.1, 0.15) is 54.4 Å². The fourth-order valence-electron chi connectivity index (χ4n) is 12.2. The van der Waals surface area contributed by atoms with Crippen LogP contribution in [-0.4, -0.2) is 290 Å². The van der Waals surface area contributed by atoms with E-state index < -0.39 is 199 Å². The van der Waals surface area contributed by atoms with Gasteiger partial charge in [0.05, 0.1) is 49.9 Å². The number of hydrogen-bond donors (Lipinski definition) is 4. The van der Waals surface area contributed by atoms with E-state index in [2.05, 4.69) is 21.3 Å². The van der Waals surface area contributed by atoms with Gasteiger partial charge in [0.15, 0.2) is 0 Å². The van der Waals surface area contributed by atoms with Crippen LogP contribution >= 0.6 is 11.6 Å². The summed E-state index contributed by atoms with van der Waals surface area (Å²) >= 11 is 6.14. The second kappa shape index (κ2) is 40.9. The average Bonchev–Trinajstić information content (AvgIpc) is 0.805. The van der Waals surface area contributed by atoms with Crippen LogP contribution in [0.15, 0.2) is 18.2 Å². The third-order valence-electron chi connectivity index (χ3n) is 18.9. The van der Waals surface area contributed by atoms with Crippen molar-refractivity contribution in [1.29, 1.82) is 0 Å². The van der Waals surface area contributed by atoms with Gasteiger partial charge in [-0.05, 0) is 127 Å². The summed E-state index contributed by atoms with van der Waals surface area (Å²) < 4.78 is 53.5. The molecule has 13 amide bonds. The van der Waals surface area contributed by atoms with Gasteiger partial charge in [0.2, 0.25) is 76.8 Å². The number of rotatable bonds is 19. The molecule has 1 unspecified atom stereocenters. The summed E-state index contributed by atoms with van der Waals surface area (Å²) in [5.41, 5.74) is -3.66. The number of aryl methyl sites for hydroxylation is 1. The summed E-state index contributed by atoms with van der Waals surface area (Å²) in [6, 6.07) is -7.28. The van der Waals surface area contributed by atoms with Crippen molar-refractivity contribution in [2.75, 3.05) is 116 Å². The van der Waals surface area contributed by atoms with E-state index in [0.717, 1.165) is 58.9 Å². The van der Waals surface area contributed by atoms with Crippen molar-refractivity contribution in [3.05, 3.63) is 34.3 Å². The van der Waals surface area contributed by atoms with Gasteiger partial charge in [-0.3, -0.25) is 62.3 Å². The fraction of sp³-hybridized carbons (Fsp3) is 0.740. The molecule has 8 atom stereocenters. The van der Waals surface area contributed by atoms with E-state index in [9.17, 15) is 56.3 Å². The number of carbonyl (C=O) groups excluding carboxylic acids is 13. The molecule has 2 aliphatic rings. The Labute approximate surface area is 623 Å². The lowest BCUT2D eigenvalue weighted by atomic mass is 9.95. The molecule has 2 fully saturated rings. The molecule has 4 N–H and O–H groups in total. The number of hydrogen-bond acceptors (Lipinski definition) is 15. The van der Waals surface area contributed by atoms with Crippen molar-refractivity contribution in [2.45, 2.75) is 214 Å². The second-order valence-electron chi connectivity index (χ2n) is 30.9. The summed E-state index contributed by atoms with van der Waals surface area (Å²) in [6.45, 7) is 19.5. The monoisotopic (exact) mass is 1510 g/mol. The van der Waals surface area contributed by atoms with Crippen LogP contribution in [0.5, 0.6) is 0 Å². The largest absolute Gasteiger partial charge is 0.417 e. The molecule has 0 bridgehead atoms. The number of carbonyl (C=O) groups is 13. The Balaban J connectivity index is 2.39. The first-order valence-electron chi connectivity index (χ1n) is 36.1. The Bertz CT molecular complexity index is 3200. The highest BCUT2D eigenvalue weighted by molar-refractivity contribution is 6.31. The first-order valence-corrected chi connectivity index (χ1v) is 36.5. The van der Waals surface area contributed by atoms with E-state index in [-0.39, 0.29) is 55.6 Å². The highest BCUT2D eigenvalue weighted by Crippen LogP contribution is 2.35. The number of nitrogens with one attached hydrogen (secondary N) is 4. The maximum Gasteiger partial charge on any atom is 0.417 e. The quantitative estimate of drug-likeness (QED) is 0.141. The molecule has 0 spiro atoms. The molecule has 32 heteroatoms. The lowest BCUT2D eigenvalue weighted by molar-refractivity contribution is -0.155. The molecule has 0 radical (unpaired) electrons. The summed E-state index contributed by atoms with van der Waals surface area (Å²) in [6.07, 6.45) is -2.97. The summed E-state index contributed by atoms with van der Waals surface area (Å²) in [7, 11) is 10.4. The molecular formula is C73H119ClF3N13O15. The van der Waals surface area contributed by atoms with Crippen molar-refractivity contribution in [1.82, 2.24) is 65.4 Å². The van der Waals surface area contributed by atoms with Crippen molar-refractivity contribution >= 4 is 88.4 Å². The molecular weight excluding hydrogens is 1390 g/mol. The number of likely N-dealkylation sites (N-methyl/N-ethyl adjacent to an activating group) is 8. The summed E-state index contributed by atoms with van der Waals surface area (Å²) in [4.78, 5) is 201. The highest BCUT2D eigenvalue weighted by atomic mass is 35.5. The Kier molecular flexibility index (Phi) is 35.6. The van der Waals surface area contributed by atoms with E-state index in [1.807, 2.05) is 27.7 Å². The maximum atomic E-state index is 15.4. The van der Waals surface area contributed by atoms with Crippen LogP contribution in [0, 0.1) is 23.7 Å². The molecule has 3 rings (SSSR count). The molecule has 594 valence electrons. The minimum Gasteiger partial charge on any atom is -0.379 e. The lowest BCUT2D eigenvalue weighted by Crippen LogP contribution is -2.64. The molecule has 105 heavy (non-hydrogen) atoms. The number of alkyl halides is 3. The zero-order valence-electron chi connectivity index (χ0n) is 65.7. The molecule has 1 aromatic rings. The van der Waals surface area contributed by atoms with Gasteiger partial charge in [-0.25, -0.2) is 0 Å². The number of benzene rings is 1. The van der Waals surface area contributed by atoms with Gasteiger partial charge in [-0.1, -0.05) is 79.5 Å². The van der Waals surface area contributed by atoms with E-state index >= 15 is 19.2 Å². The van der Waals surface area contributed by atoms with Crippen molar-refractivity contribution in [2.24, 2.45) is 23.7 Å². The van der Waals surface area contributed by atoms with Gasteiger partial charge in [0.25, 0.3) is 0 Å². The maximum absolute atomic E-state index is 15.4. The Morgan fingerprint density at radius 1 is 0.629 bits per heavy atom. The summed E-state index contributed by atoms with van der Waals surface area (Å²) in [5.74, 6) is -11.2. The molecule has 2 saturated heterocycles. The molecule has 28 nitrogen and oxygen atoms in total. The van der Waals surface area contributed by atoms with E-state index in [1.54, 1.807) is 53.4 Å². The third kappa shape index (κ3) is 27.9. The Morgan fingerprint density at radius 3 is 1.74 bits per heavy atom. The number of likely N-dealkylation sites (tertiary alicyclic amines) is 1. The zero-order valence-corrected chi connectivity index (χ0v) is 66.4. The normalized spacial score (nSPS) is 23.2. The first kappa shape index (κ1) is 91.5. The van der Waals surface area contributed by atoms with Crippen LogP contribution in [-0.2, 0) is 84.4 Å². The lowest BCUT2D eigenvalue weighted by Gasteiger charge is -2.40. The third-order valence-corrected chi connectivity index (χ3v) is 19.2. The molecule has 2 aliphatic heterocycles. The van der Waals surface area contributed by atoms with Crippen LogP contribution in [0.2, 0.25) is 5.02 Å². The number of amides is 13. The topological polar surface area (TPSA) is 318 Å². The molecule has 0 aliphatic carbocycles. The van der Waals surface area contributed by atoms with E-state index in [4.69, 9.17) is 21.1 Å². The van der Waals surface area contributed by atoms with Gasteiger partial charge in [-0.15, -0.1) is 0 Å². The van der Waals surface area contributed by atoms with E-state index in [1.165, 1.54) is 75.1 Å². The Morgan fingerprint density at radius 2 is 1.19 bits per heavy atom. The SMILES string of the molecule is CC[C@H](C)[C@@H]1NC(=O)[C@H](CC(C)C)N(C)C(=O)CC(C(=O)N2CCCCC2)N(C)C(=O)[C@H](CC(C)C)N(C)C(=O)C(C)(C)NC(=O)[C@H](COCC(=O)NC(C)(C)C)N(C)C(=O)[C@H](CCc2ccc(C(F)(F)F)c(Cl)c2)NC(=O)CN(C)C(=O)[C@H](COCCC(C)C)N(C)C(=O)CN(C)C(=O)CN(C)C1=O. The van der Waals surface area contributed by atoms with Crippen molar-refractivity contribution in [3.8, 4) is 0 Å². The van der Waals surface area contributed by atoms with Gasteiger partial charge >= 0.3 is 6.18 Å². The van der Waals surface area contributed by atoms with Crippen LogP contribution in [0.3, 0.4) is 0 Å². The minimum absolute atomic E-state index is 0.00903. The number of halogens is 4. The molecule has 2 heterocycles. The predicted octanol–water partition coefficient (Wildman–Crippen LogP) is 4.21. The average molecular weight is 1510 g/mol. The van der Waals surface area contributed by atoms with Gasteiger partial charge in [-0.2, -0.15) is 13.2 Å². The van der Waals surface area contributed by atoms with Crippen LogP contribution in [0.25, 0.3) is 0 Å². The first-order chi connectivity index (χ1) is 48.6. The number of nitrogens with zero attached hydrogens (tertiary/aromatic N) is 9. The number of ether oxygens (including phenoxy) is 2. The van der Waals surface area contributed by atoms with Gasteiger partial charge in [0, 0.05) is 81.6 Å². The fourth-order valence-corrected chi connectivity index (χ4v) is 12.5. The number of piperidine rings is 1. The molecule has 0 saturated carbocycles. The second-order valence-corrected chi connectivity index (χ2v) is 31.3. The minimum atomic E-state index is -4.83. The van der Waals surface area contributed by atoms with Crippen molar-refractivity contribution in [3.63, 3.8) is 0 Å².